The summed E-state index contributed by atoms with van der Waals surface area (Å²) in [5, 5.41) is 9.13. The lowest BCUT2D eigenvalue weighted by Gasteiger charge is -2.26. The molecule has 0 radical (unpaired) electrons. The van der Waals surface area contributed by atoms with Gasteiger partial charge in [-0.05, 0) is 44.9 Å². The number of carboxylic acids is 1. The van der Waals surface area contributed by atoms with E-state index < -0.39 is 5.97 Å². The van der Waals surface area contributed by atoms with Crippen LogP contribution in [0.15, 0.2) is 0 Å². The van der Waals surface area contributed by atoms with Gasteiger partial charge in [0.25, 0.3) is 0 Å². The van der Waals surface area contributed by atoms with Gasteiger partial charge in [-0.3, -0.25) is 9.59 Å². The minimum atomic E-state index is -0.778. The average Bonchev–Trinajstić information content (AvgIpc) is 2.60. The first-order valence-corrected chi connectivity index (χ1v) is 10.8. The summed E-state index contributed by atoms with van der Waals surface area (Å²) in [5.41, 5.74) is 0. The molecule has 1 rings (SSSR count). The van der Waals surface area contributed by atoms with Gasteiger partial charge in [-0.1, -0.05) is 65.2 Å². The van der Waals surface area contributed by atoms with Gasteiger partial charge in [0, 0.05) is 0 Å². The van der Waals surface area contributed by atoms with Crippen molar-refractivity contribution in [1.82, 2.24) is 0 Å². The van der Waals surface area contributed by atoms with E-state index in [0.717, 1.165) is 31.6 Å². The SMILES string of the molecule is CC(C)CCCCCCCCCC(C)OC(=O)C1CCCC(C(=O)O)C1. The maximum atomic E-state index is 12.2. The number of carboxylic acid groups (broad SMARTS) is 1. The molecule has 0 aliphatic heterocycles. The van der Waals surface area contributed by atoms with Crippen LogP contribution < -0.4 is 0 Å². The minimum Gasteiger partial charge on any atom is -0.481 e. The summed E-state index contributed by atoms with van der Waals surface area (Å²) in [6.07, 6.45) is 13.8. The predicted molar refractivity (Wildman–Crippen MR) is 105 cm³/mol. The first-order chi connectivity index (χ1) is 12.4. The molecule has 0 aromatic heterocycles. The van der Waals surface area contributed by atoms with E-state index in [4.69, 9.17) is 9.84 Å². The fourth-order valence-corrected chi connectivity index (χ4v) is 3.85. The summed E-state index contributed by atoms with van der Waals surface area (Å²) in [6, 6.07) is 0. The quantitative estimate of drug-likeness (QED) is 0.321. The topological polar surface area (TPSA) is 63.6 Å². The van der Waals surface area contributed by atoms with Crippen LogP contribution in [-0.4, -0.2) is 23.1 Å². The zero-order chi connectivity index (χ0) is 19.4. The third kappa shape index (κ3) is 10.2. The highest BCUT2D eigenvalue weighted by Crippen LogP contribution is 2.30. The van der Waals surface area contributed by atoms with E-state index in [0.29, 0.717) is 12.8 Å². The molecular formula is C22H40O4. The fourth-order valence-electron chi connectivity index (χ4n) is 3.85. The van der Waals surface area contributed by atoms with Crippen molar-refractivity contribution >= 4 is 11.9 Å². The van der Waals surface area contributed by atoms with Crippen molar-refractivity contribution in [1.29, 1.82) is 0 Å². The normalized spacial score (nSPS) is 21.5. The van der Waals surface area contributed by atoms with Crippen molar-refractivity contribution in [2.24, 2.45) is 17.8 Å². The van der Waals surface area contributed by atoms with Crippen LogP contribution in [0.2, 0.25) is 0 Å². The Morgan fingerprint density at radius 2 is 1.42 bits per heavy atom. The number of carbonyl (C=O) groups is 2. The molecule has 26 heavy (non-hydrogen) atoms. The van der Waals surface area contributed by atoms with Crippen LogP contribution in [0.3, 0.4) is 0 Å². The number of hydrogen-bond acceptors (Lipinski definition) is 3. The van der Waals surface area contributed by atoms with Crippen molar-refractivity contribution in [3.8, 4) is 0 Å². The first-order valence-electron chi connectivity index (χ1n) is 10.8. The smallest absolute Gasteiger partial charge is 0.309 e. The first kappa shape index (κ1) is 23.0. The Bertz CT molecular complexity index is 405. The number of esters is 1. The van der Waals surface area contributed by atoms with E-state index >= 15 is 0 Å². The molecule has 1 aliphatic carbocycles. The van der Waals surface area contributed by atoms with Gasteiger partial charge in [0.1, 0.15) is 0 Å². The Labute approximate surface area is 160 Å². The van der Waals surface area contributed by atoms with Crippen LogP contribution in [0.5, 0.6) is 0 Å². The number of unbranched alkanes of at least 4 members (excludes halogenated alkanes) is 6. The lowest BCUT2D eigenvalue weighted by molar-refractivity contribution is -0.156. The Kier molecular flexibility index (Phi) is 11.6. The van der Waals surface area contributed by atoms with Crippen molar-refractivity contribution in [3.63, 3.8) is 0 Å². The Morgan fingerprint density at radius 1 is 0.885 bits per heavy atom. The highest BCUT2D eigenvalue weighted by molar-refractivity contribution is 5.75. The Hall–Kier alpha value is -1.06. The molecular weight excluding hydrogens is 328 g/mol. The van der Waals surface area contributed by atoms with Gasteiger partial charge in [-0.15, -0.1) is 0 Å². The number of ether oxygens (including phenoxy) is 1. The largest absolute Gasteiger partial charge is 0.481 e. The maximum Gasteiger partial charge on any atom is 0.309 e. The third-order valence-corrected chi connectivity index (χ3v) is 5.57. The molecule has 1 saturated carbocycles. The number of rotatable bonds is 13. The van der Waals surface area contributed by atoms with E-state index in [1.165, 1.54) is 44.9 Å². The lowest BCUT2D eigenvalue weighted by atomic mass is 9.81. The van der Waals surface area contributed by atoms with Crippen LogP contribution in [0.4, 0.5) is 0 Å². The molecule has 3 unspecified atom stereocenters. The molecule has 0 amide bonds. The molecule has 1 fully saturated rings. The average molecular weight is 369 g/mol. The predicted octanol–water partition coefficient (Wildman–Crippen LogP) is 5.98. The van der Waals surface area contributed by atoms with E-state index in [9.17, 15) is 9.59 Å². The molecule has 0 saturated heterocycles. The molecule has 0 bridgehead atoms. The van der Waals surface area contributed by atoms with Crippen LogP contribution in [-0.2, 0) is 14.3 Å². The highest BCUT2D eigenvalue weighted by Gasteiger charge is 2.32. The zero-order valence-electron chi connectivity index (χ0n) is 17.2. The van der Waals surface area contributed by atoms with Gasteiger partial charge in [-0.25, -0.2) is 0 Å². The molecule has 1 N–H and O–H groups in total. The molecule has 0 aromatic rings. The molecule has 0 spiro atoms. The molecule has 3 atom stereocenters. The van der Waals surface area contributed by atoms with Crippen molar-refractivity contribution in [3.05, 3.63) is 0 Å². The van der Waals surface area contributed by atoms with Gasteiger partial charge in [-0.2, -0.15) is 0 Å². The van der Waals surface area contributed by atoms with E-state index in [1.54, 1.807) is 0 Å². The van der Waals surface area contributed by atoms with E-state index in [2.05, 4.69) is 13.8 Å². The van der Waals surface area contributed by atoms with Crippen LogP contribution in [0.25, 0.3) is 0 Å². The Balaban J connectivity index is 2.04. The molecule has 0 heterocycles. The third-order valence-electron chi connectivity index (χ3n) is 5.57. The fraction of sp³-hybridized carbons (Fsp3) is 0.909. The van der Waals surface area contributed by atoms with Crippen molar-refractivity contribution < 1.29 is 19.4 Å². The van der Waals surface area contributed by atoms with E-state index in [1.807, 2.05) is 6.92 Å². The second-order valence-corrected chi connectivity index (χ2v) is 8.59. The van der Waals surface area contributed by atoms with Gasteiger partial charge in [0.15, 0.2) is 0 Å². The molecule has 152 valence electrons. The molecule has 0 aromatic carbocycles. The second kappa shape index (κ2) is 13.2. The highest BCUT2D eigenvalue weighted by atomic mass is 16.5. The summed E-state index contributed by atoms with van der Waals surface area (Å²) in [6.45, 7) is 6.53. The van der Waals surface area contributed by atoms with Crippen LogP contribution in [0.1, 0.15) is 104 Å². The van der Waals surface area contributed by atoms with Gasteiger partial charge >= 0.3 is 11.9 Å². The zero-order valence-corrected chi connectivity index (χ0v) is 17.2. The monoisotopic (exact) mass is 368 g/mol. The Morgan fingerprint density at radius 3 is 2.00 bits per heavy atom. The lowest BCUT2D eigenvalue weighted by Crippen LogP contribution is -2.30. The maximum absolute atomic E-state index is 12.2. The van der Waals surface area contributed by atoms with Crippen molar-refractivity contribution in [2.75, 3.05) is 0 Å². The second-order valence-electron chi connectivity index (χ2n) is 8.59. The number of aliphatic carboxylic acids is 1. The van der Waals surface area contributed by atoms with Crippen molar-refractivity contribution in [2.45, 2.75) is 110 Å². The van der Waals surface area contributed by atoms with Gasteiger partial charge < -0.3 is 9.84 Å². The molecule has 4 heteroatoms. The minimum absolute atomic E-state index is 0.0567. The van der Waals surface area contributed by atoms with Crippen LogP contribution >= 0.6 is 0 Å². The summed E-state index contributed by atoms with van der Waals surface area (Å²) >= 11 is 0. The molecule has 4 nitrogen and oxygen atoms in total. The molecule has 1 aliphatic rings. The van der Waals surface area contributed by atoms with E-state index in [-0.39, 0.29) is 23.9 Å². The summed E-state index contributed by atoms with van der Waals surface area (Å²) in [5.74, 6) is -0.744. The number of carbonyl (C=O) groups excluding carboxylic acids is 1. The number of hydrogen-bond donors (Lipinski definition) is 1. The van der Waals surface area contributed by atoms with Gasteiger partial charge in [0.2, 0.25) is 0 Å². The van der Waals surface area contributed by atoms with Gasteiger partial charge in [0.05, 0.1) is 17.9 Å². The summed E-state index contributed by atoms with van der Waals surface area (Å²) < 4.78 is 5.57. The standard InChI is InChI=1S/C22H40O4/c1-17(2)12-9-7-5-4-6-8-10-13-18(3)26-22(25)20-15-11-14-19(16-20)21(23)24/h17-20H,4-16H2,1-3H3,(H,23,24). The summed E-state index contributed by atoms with van der Waals surface area (Å²) in [7, 11) is 0. The summed E-state index contributed by atoms with van der Waals surface area (Å²) in [4.78, 5) is 23.4. The van der Waals surface area contributed by atoms with Crippen LogP contribution in [0, 0.1) is 17.8 Å².